The summed E-state index contributed by atoms with van der Waals surface area (Å²) in [5, 5.41) is 13.6. The van der Waals surface area contributed by atoms with Gasteiger partial charge < -0.3 is 5.32 Å². The van der Waals surface area contributed by atoms with Crippen molar-refractivity contribution in [1.29, 1.82) is 0 Å². The first kappa shape index (κ1) is 21.6. The van der Waals surface area contributed by atoms with Crippen molar-refractivity contribution < 1.29 is 18.9 Å². The van der Waals surface area contributed by atoms with E-state index >= 15 is 0 Å². The number of amides is 2. The van der Waals surface area contributed by atoms with Crippen LogP contribution in [0.25, 0.3) is 6.08 Å². The standard InChI is InChI=1S/C20H16FN3O4S2/c21-14-6-8-15(9-7-14)22-18(25)5-2-10-23-19(26)17(30-20(23)29)12-13-3-1-4-16(11-13)24(27)28/h1,3-4,6-9,11-12H,2,5,10H2,(H,22,25)/b17-12-. The molecule has 10 heteroatoms. The topological polar surface area (TPSA) is 92.5 Å². The number of hydrogen-bond acceptors (Lipinski definition) is 6. The monoisotopic (exact) mass is 445 g/mol. The minimum Gasteiger partial charge on any atom is -0.326 e. The molecular formula is C20H16FN3O4S2. The van der Waals surface area contributed by atoms with Crippen molar-refractivity contribution in [2.45, 2.75) is 12.8 Å². The molecule has 1 aliphatic heterocycles. The minimum atomic E-state index is -0.500. The summed E-state index contributed by atoms with van der Waals surface area (Å²) in [6.45, 7) is 0.272. The van der Waals surface area contributed by atoms with E-state index in [4.69, 9.17) is 12.2 Å². The number of benzene rings is 2. The number of thioether (sulfide) groups is 1. The van der Waals surface area contributed by atoms with E-state index in [0.29, 0.717) is 26.9 Å². The third-order valence-corrected chi connectivity index (χ3v) is 5.54. The number of hydrogen-bond donors (Lipinski definition) is 1. The smallest absolute Gasteiger partial charge is 0.270 e. The zero-order chi connectivity index (χ0) is 21.7. The third kappa shape index (κ3) is 5.49. The predicted octanol–water partition coefficient (Wildman–Crippen LogP) is 4.35. The number of carbonyl (C=O) groups excluding carboxylic acids is 2. The number of non-ortho nitro benzene ring substituents is 1. The predicted molar refractivity (Wildman–Crippen MR) is 117 cm³/mol. The first-order valence-corrected chi connectivity index (χ1v) is 10.1. The lowest BCUT2D eigenvalue weighted by Gasteiger charge is -2.14. The Labute approximate surface area is 181 Å². The molecule has 3 rings (SSSR count). The molecule has 2 aromatic carbocycles. The van der Waals surface area contributed by atoms with Crippen LogP contribution in [0.15, 0.2) is 53.4 Å². The fourth-order valence-corrected chi connectivity index (χ4v) is 4.04. The second-order valence-corrected chi connectivity index (χ2v) is 8.02. The van der Waals surface area contributed by atoms with Crippen LogP contribution >= 0.6 is 24.0 Å². The van der Waals surface area contributed by atoms with Gasteiger partial charge in [0, 0.05) is 30.8 Å². The number of thiocarbonyl (C=S) groups is 1. The summed E-state index contributed by atoms with van der Waals surface area (Å²) in [5.41, 5.74) is 0.960. The van der Waals surface area contributed by atoms with Gasteiger partial charge in [0.15, 0.2) is 0 Å². The van der Waals surface area contributed by atoms with Crippen molar-refractivity contribution in [3.05, 3.63) is 74.9 Å². The van der Waals surface area contributed by atoms with Gasteiger partial charge in [0.05, 0.1) is 9.83 Å². The Morgan fingerprint density at radius 1 is 1.27 bits per heavy atom. The van der Waals surface area contributed by atoms with Crippen LogP contribution in [0.2, 0.25) is 0 Å². The molecule has 154 valence electrons. The summed E-state index contributed by atoms with van der Waals surface area (Å²) >= 11 is 6.37. The van der Waals surface area contributed by atoms with Gasteiger partial charge >= 0.3 is 0 Å². The quantitative estimate of drug-likeness (QED) is 0.295. The SMILES string of the molecule is O=C(CCCN1C(=O)/C(=C/c2cccc([N+](=O)[O-])c2)SC1=S)Nc1ccc(F)cc1. The van der Waals surface area contributed by atoms with Crippen LogP contribution < -0.4 is 5.32 Å². The van der Waals surface area contributed by atoms with Gasteiger partial charge in [-0.05, 0) is 42.3 Å². The van der Waals surface area contributed by atoms with Crippen LogP contribution in [0, 0.1) is 15.9 Å². The van der Waals surface area contributed by atoms with E-state index in [1.807, 2.05) is 0 Å². The lowest BCUT2D eigenvalue weighted by Crippen LogP contribution is -2.29. The van der Waals surface area contributed by atoms with E-state index in [2.05, 4.69) is 5.32 Å². The maximum absolute atomic E-state index is 12.9. The van der Waals surface area contributed by atoms with Gasteiger partial charge in [-0.1, -0.05) is 36.1 Å². The van der Waals surface area contributed by atoms with Gasteiger partial charge in [-0.15, -0.1) is 0 Å². The molecule has 0 aliphatic carbocycles. The number of rotatable bonds is 7. The number of nitrogens with zero attached hydrogens (tertiary/aromatic N) is 2. The first-order chi connectivity index (χ1) is 14.3. The molecule has 0 radical (unpaired) electrons. The number of anilines is 1. The van der Waals surface area contributed by atoms with Crippen molar-refractivity contribution in [1.82, 2.24) is 4.90 Å². The normalized spacial score (nSPS) is 15.0. The van der Waals surface area contributed by atoms with Gasteiger partial charge in [0.1, 0.15) is 10.1 Å². The molecule has 0 bridgehead atoms. The highest BCUT2D eigenvalue weighted by atomic mass is 32.2. The van der Waals surface area contributed by atoms with E-state index in [1.54, 1.807) is 18.2 Å². The first-order valence-electron chi connectivity index (χ1n) is 8.89. The van der Waals surface area contributed by atoms with Crippen LogP contribution in [0.4, 0.5) is 15.8 Å². The number of nitrogens with one attached hydrogen (secondary N) is 1. The zero-order valence-corrected chi connectivity index (χ0v) is 17.2. The van der Waals surface area contributed by atoms with Crippen molar-refractivity contribution in [2.75, 3.05) is 11.9 Å². The fourth-order valence-electron chi connectivity index (χ4n) is 2.73. The molecule has 0 saturated carbocycles. The highest BCUT2D eigenvalue weighted by Gasteiger charge is 2.31. The van der Waals surface area contributed by atoms with Crippen molar-refractivity contribution in [3.63, 3.8) is 0 Å². The van der Waals surface area contributed by atoms with Crippen LogP contribution in [0.5, 0.6) is 0 Å². The van der Waals surface area contributed by atoms with Crippen molar-refractivity contribution in [3.8, 4) is 0 Å². The third-order valence-electron chi connectivity index (χ3n) is 4.17. The molecule has 0 atom stereocenters. The maximum Gasteiger partial charge on any atom is 0.270 e. The van der Waals surface area contributed by atoms with Gasteiger partial charge in [-0.3, -0.25) is 24.6 Å². The summed E-state index contributed by atoms with van der Waals surface area (Å²) in [6, 6.07) is 11.4. The van der Waals surface area contributed by atoms with Gasteiger partial charge in [-0.25, -0.2) is 4.39 Å². The number of halogens is 1. The Morgan fingerprint density at radius 2 is 2.00 bits per heavy atom. The Bertz CT molecular complexity index is 1040. The van der Waals surface area contributed by atoms with E-state index in [0.717, 1.165) is 11.8 Å². The molecular weight excluding hydrogens is 429 g/mol. The van der Waals surface area contributed by atoms with Gasteiger partial charge in [0.2, 0.25) is 5.91 Å². The average Bonchev–Trinajstić information content (AvgIpc) is 2.97. The number of nitro groups is 1. The lowest BCUT2D eigenvalue weighted by molar-refractivity contribution is -0.384. The van der Waals surface area contributed by atoms with Crippen molar-refractivity contribution >= 4 is 57.6 Å². The second kappa shape index (κ2) is 9.59. The Kier molecular flexibility index (Phi) is 6.91. The highest BCUT2D eigenvalue weighted by molar-refractivity contribution is 8.26. The largest absolute Gasteiger partial charge is 0.326 e. The number of nitro benzene ring substituents is 1. The summed E-state index contributed by atoms with van der Waals surface area (Å²) in [4.78, 5) is 36.8. The number of carbonyl (C=O) groups is 2. The zero-order valence-electron chi connectivity index (χ0n) is 15.5. The van der Waals surface area contributed by atoms with E-state index in [9.17, 15) is 24.1 Å². The van der Waals surface area contributed by atoms with Gasteiger partial charge in [-0.2, -0.15) is 0 Å². The molecule has 7 nitrogen and oxygen atoms in total. The van der Waals surface area contributed by atoms with Crippen LogP contribution in [0.1, 0.15) is 18.4 Å². The van der Waals surface area contributed by atoms with Gasteiger partial charge in [0.25, 0.3) is 11.6 Å². The molecule has 1 N–H and O–H groups in total. The molecule has 1 heterocycles. The van der Waals surface area contributed by atoms with Crippen LogP contribution in [-0.4, -0.2) is 32.5 Å². The van der Waals surface area contributed by atoms with E-state index in [1.165, 1.54) is 41.3 Å². The van der Waals surface area contributed by atoms with Crippen LogP contribution in [0.3, 0.4) is 0 Å². The Hall–Kier alpha value is -3.11. The molecule has 0 unspecified atom stereocenters. The summed E-state index contributed by atoms with van der Waals surface area (Å²) < 4.78 is 13.3. The van der Waals surface area contributed by atoms with E-state index < -0.39 is 4.92 Å². The second-order valence-electron chi connectivity index (χ2n) is 6.34. The lowest BCUT2D eigenvalue weighted by atomic mass is 10.2. The molecule has 2 amide bonds. The summed E-state index contributed by atoms with van der Waals surface area (Å²) in [5.74, 6) is -0.935. The Balaban J connectivity index is 1.56. The highest BCUT2D eigenvalue weighted by Crippen LogP contribution is 2.33. The summed E-state index contributed by atoms with van der Waals surface area (Å²) in [7, 11) is 0. The van der Waals surface area contributed by atoms with Crippen molar-refractivity contribution in [2.24, 2.45) is 0 Å². The molecule has 1 aliphatic rings. The molecule has 1 fully saturated rings. The Morgan fingerprint density at radius 3 is 2.70 bits per heavy atom. The van der Waals surface area contributed by atoms with E-state index in [-0.39, 0.29) is 36.3 Å². The molecule has 0 spiro atoms. The molecule has 2 aromatic rings. The minimum absolute atomic E-state index is 0.0635. The molecule has 0 aromatic heterocycles. The average molecular weight is 445 g/mol. The summed E-state index contributed by atoms with van der Waals surface area (Å²) in [6.07, 6.45) is 2.12. The maximum atomic E-state index is 12.9. The van der Waals surface area contributed by atoms with Crippen LogP contribution in [-0.2, 0) is 9.59 Å². The fraction of sp³-hybridized carbons (Fsp3) is 0.150. The molecule has 30 heavy (non-hydrogen) atoms. The molecule has 1 saturated heterocycles.